The van der Waals surface area contributed by atoms with Crippen LogP contribution in [0.2, 0.25) is 0 Å². The first kappa shape index (κ1) is 11.5. The van der Waals surface area contributed by atoms with Crippen LogP contribution in [0.5, 0.6) is 0 Å². The van der Waals surface area contributed by atoms with Gasteiger partial charge in [0.1, 0.15) is 17.5 Å². The van der Waals surface area contributed by atoms with Crippen molar-refractivity contribution in [3.8, 4) is 0 Å². The molecule has 4 heteroatoms. The van der Waals surface area contributed by atoms with Gasteiger partial charge in [-0.05, 0) is 30.7 Å². The van der Waals surface area contributed by atoms with Gasteiger partial charge in [0.15, 0.2) is 0 Å². The van der Waals surface area contributed by atoms with Crippen LogP contribution in [-0.2, 0) is 10.3 Å². The molecule has 1 aromatic rings. The summed E-state index contributed by atoms with van der Waals surface area (Å²) in [6.45, 7) is 1.33. The van der Waals surface area contributed by atoms with Gasteiger partial charge in [0, 0.05) is 13.7 Å². The van der Waals surface area contributed by atoms with Crippen molar-refractivity contribution < 1.29 is 14.2 Å². The molecule has 1 aliphatic heterocycles. The summed E-state index contributed by atoms with van der Waals surface area (Å²) in [5.74, 6) is -0.296. The van der Waals surface area contributed by atoms with E-state index in [9.17, 15) is 9.50 Å². The summed E-state index contributed by atoms with van der Waals surface area (Å²) >= 11 is 0. The minimum Gasteiger partial charge on any atom is -0.382 e. The predicted molar refractivity (Wildman–Crippen MR) is 58.6 cm³/mol. The van der Waals surface area contributed by atoms with Gasteiger partial charge < -0.3 is 15.2 Å². The Bertz CT molecular complexity index is 355. The molecular weight excluding hydrogens is 209 g/mol. The van der Waals surface area contributed by atoms with Crippen LogP contribution in [0.1, 0.15) is 12.0 Å². The van der Waals surface area contributed by atoms with E-state index in [2.05, 4.69) is 5.32 Å². The van der Waals surface area contributed by atoms with Gasteiger partial charge in [0.05, 0.1) is 0 Å². The average molecular weight is 225 g/mol. The molecule has 1 aromatic carbocycles. The van der Waals surface area contributed by atoms with Crippen molar-refractivity contribution in [3.05, 3.63) is 35.6 Å². The fourth-order valence-electron chi connectivity index (χ4n) is 2.19. The maximum absolute atomic E-state index is 12.8. The molecule has 0 saturated carbocycles. The normalized spacial score (nSPS) is 30.3. The Kier molecular flexibility index (Phi) is 3.23. The number of aliphatic hydroxyl groups is 1. The molecule has 1 fully saturated rings. The molecule has 0 unspecified atom stereocenters. The van der Waals surface area contributed by atoms with Crippen molar-refractivity contribution in [2.75, 3.05) is 20.2 Å². The Balaban J connectivity index is 2.31. The monoisotopic (exact) mass is 225 g/mol. The molecule has 3 nitrogen and oxygen atoms in total. The summed E-state index contributed by atoms with van der Waals surface area (Å²) in [6.07, 6.45) is 0.267. The first-order valence-electron chi connectivity index (χ1n) is 5.39. The lowest BCUT2D eigenvalue weighted by Crippen LogP contribution is -2.52. The number of rotatable bonds is 2. The number of methoxy groups -OCH3 is 1. The SMILES string of the molecule is CO[C@H]1CNCC[C@]1(O)c1ccc(F)cc1. The predicted octanol–water partition coefficient (Wildman–Crippen LogP) is 1.02. The highest BCUT2D eigenvalue weighted by Gasteiger charge is 2.40. The minimum absolute atomic E-state index is 0.296. The third kappa shape index (κ3) is 1.96. The van der Waals surface area contributed by atoms with E-state index in [4.69, 9.17) is 4.74 Å². The van der Waals surface area contributed by atoms with Crippen molar-refractivity contribution in [3.63, 3.8) is 0 Å². The quantitative estimate of drug-likeness (QED) is 0.789. The Hall–Kier alpha value is -0.970. The zero-order valence-corrected chi connectivity index (χ0v) is 9.24. The van der Waals surface area contributed by atoms with Crippen LogP contribution >= 0.6 is 0 Å². The molecule has 1 aliphatic rings. The molecule has 88 valence electrons. The van der Waals surface area contributed by atoms with E-state index in [1.54, 1.807) is 19.2 Å². The Labute approximate surface area is 94.2 Å². The minimum atomic E-state index is -1.02. The van der Waals surface area contributed by atoms with Gasteiger partial charge in [-0.3, -0.25) is 0 Å². The summed E-state index contributed by atoms with van der Waals surface area (Å²) in [5.41, 5.74) is -0.310. The molecule has 0 aromatic heterocycles. The molecule has 2 N–H and O–H groups in total. The maximum Gasteiger partial charge on any atom is 0.123 e. The van der Waals surface area contributed by atoms with E-state index in [-0.39, 0.29) is 11.9 Å². The summed E-state index contributed by atoms with van der Waals surface area (Å²) in [6, 6.07) is 5.96. The van der Waals surface area contributed by atoms with Gasteiger partial charge in [-0.2, -0.15) is 0 Å². The maximum atomic E-state index is 12.8. The second-order valence-electron chi connectivity index (χ2n) is 4.11. The first-order chi connectivity index (χ1) is 7.66. The van der Waals surface area contributed by atoms with E-state index >= 15 is 0 Å². The largest absolute Gasteiger partial charge is 0.382 e. The molecule has 16 heavy (non-hydrogen) atoms. The van der Waals surface area contributed by atoms with Crippen molar-refractivity contribution in [1.29, 1.82) is 0 Å². The van der Waals surface area contributed by atoms with Crippen LogP contribution in [0.25, 0.3) is 0 Å². The fraction of sp³-hybridized carbons (Fsp3) is 0.500. The highest BCUT2D eigenvalue weighted by atomic mass is 19.1. The van der Waals surface area contributed by atoms with Gasteiger partial charge >= 0.3 is 0 Å². The van der Waals surface area contributed by atoms with Crippen LogP contribution in [-0.4, -0.2) is 31.4 Å². The molecule has 1 saturated heterocycles. The molecule has 0 radical (unpaired) electrons. The number of benzene rings is 1. The molecule has 0 aliphatic carbocycles. The topological polar surface area (TPSA) is 41.5 Å². The summed E-state index contributed by atoms with van der Waals surface area (Å²) in [7, 11) is 1.58. The highest BCUT2D eigenvalue weighted by molar-refractivity contribution is 5.25. The number of hydrogen-bond donors (Lipinski definition) is 2. The number of nitrogens with one attached hydrogen (secondary N) is 1. The Morgan fingerprint density at radius 2 is 2.12 bits per heavy atom. The number of halogens is 1. The average Bonchev–Trinajstić information content (AvgIpc) is 2.30. The zero-order valence-electron chi connectivity index (χ0n) is 9.24. The molecule has 1 heterocycles. The molecule has 2 rings (SSSR count). The lowest BCUT2D eigenvalue weighted by molar-refractivity contribution is -0.115. The van der Waals surface area contributed by atoms with Gasteiger partial charge in [0.2, 0.25) is 0 Å². The standard InChI is InChI=1S/C12H16FNO2/c1-16-11-8-14-7-6-12(11,15)9-2-4-10(13)5-3-9/h2-5,11,14-15H,6-8H2,1H3/t11-,12-/m0/s1. The van der Waals surface area contributed by atoms with E-state index in [0.29, 0.717) is 18.5 Å². The lowest BCUT2D eigenvalue weighted by atomic mass is 9.83. The van der Waals surface area contributed by atoms with Crippen LogP contribution < -0.4 is 5.32 Å². The van der Waals surface area contributed by atoms with Gasteiger partial charge in [0.25, 0.3) is 0 Å². The fourth-order valence-corrected chi connectivity index (χ4v) is 2.19. The first-order valence-corrected chi connectivity index (χ1v) is 5.39. The number of ether oxygens (including phenoxy) is 1. The van der Waals surface area contributed by atoms with E-state index < -0.39 is 5.60 Å². The molecule has 0 amide bonds. The van der Waals surface area contributed by atoms with Crippen molar-refractivity contribution in [1.82, 2.24) is 5.32 Å². The van der Waals surface area contributed by atoms with Crippen molar-refractivity contribution in [2.24, 2.45) is 0 Å². The molecule has 2 atom stereocenters. The third-order valence-corrected chi connectivity index (χ3v) is 3.17. The van der Waals surface area contributed by atoms with E-state index in [1.807, 2.05) is 0 Å². The summed E-state index contributed by atoms with van der Waals surface area (Å²) in [5, 5.41) is 13.8. The Morgan fingerprint density at radius 3 is 2.75 bits per heavy atom. The number of hydrogen-bond acceptors (Lipinski definition) is 3. The summed E-state index contributed by atoms with van der Waals surface area (Å²) in [4.78, 5) is 0. The second kappa shape index (κ2) is 4.49. The molecule has 0 spiro atoms. The Morgan fingerprint density at radius 1 is 1.44 bits per heavy atom. The molecular formula is C12H16FNO2. The van der Waals surface area contributed by atoms with Crippen LogP contribution in [0.15, 0.2) is 24.3 Å². The summed E-state index contributed by atoms with van der Waals surface area (Å²) < 4.78 is 18.1. The second-order valence-corrected chi connectivity index (χ2v) is 4.11. The smallest absolute Gasteiger partial charge is 0.123 e. The van der Waals surface area contributed by atoms with Crippen LogP contribution in [0.3, 0.4) is 0 Å². The van der Waals surface area contributed by atoms with Gasteiger partial charge in [-0.25, -0.2) is 4.39 Å². The van der Waals surface area contributed by atoms with Crippen LogP contribution in [0, 0.1) is 5.82 Å². The van der Waals surface area contributed by atoms with Crippen LogP contribution in [0.4, 0.5) is 4.39 Å². The van der Waals surface area contributed by atoms with Gasteiger partial charge in [-0.15, -0.1) is 0 Å². The van der Waals surface area contributed by atoms with Gasteiger partial charge in [-0.1, -0.05) is 12.1 Å². The highest BCUT2D eigenvalue weighted by Crippen LogP contribution is 2.32. The van der Waals surface area contributed by atoms with E-state index in [1.165, 1.54) is 12.1 Å². The van der Waals surface area contributed by atoms with Crippen molar-refractivity contribution in [2.45, 2.75) is 18.1 Å². The number of piperidine rings is 1. The third-order valence-electron chi connectivity index (χ3n) is 3.17. The lowest BCUT2D eigenvalue weighted by Gasteiger charge is -2.39. The van der Waals surface area contributed by atoms with Crippen molar-refractivity contribution >= 4 is 0 Å². The molecule has 0 bridgehead atoms. The van der Waals surface area contributed by atoms with E-state index in [0.717, 1.165) is 6.54 Å². The zero-order chi connectivity index (χ0) is 11.6.